The Bertz CT molecular complexity index is 861. The van der Waals surface area contributed by atoms with Gasteiger partial charge in [0.05, 0.1) is 6.04 Å². The van der Waals surface area contributed by atoms with Crippen LogP contribution in [0, 0.1) is 6.92 Å². The molecule has 0 fully saturated rings. The van der Waals surface area contributed by atoms with Gasteiger partial charge in [-0.05, 0) is 51.1 Å². The monoisotopic (exact) mass is 385 g/mol. The number of hydrogen-bond donors (Lipinski definition) is 2. The van der Waals surface area contributed by atoms with Crippen molar-refractivity contribution in [2.45, 2.75) is 25.8 Å². The molecule has 0 aliphatic carbocycles. The molecular formula is C20H27N5O3. The van der Waals surface area contributed by atoms with E-state index in [9.17, 15) is 9.59 Å². The number of carbonyl (C=O) groups is 2. The lowest BCUT2D eigenvalue weighted by Crippen LogP contribution is -2.40. The van der Waals surface area contributed by atoms with Gasteiger partial charge in [0.15, 0.2) is 5.82 Å². The second kappa shape index (κ2) is 8.43. The van der Waals surface area contributed by atoms with Gasteiger partial charge in [0.1, 0.15) is 5.76 Å². The highest BCUT2D eigenvalue weighted by Gasteiger charge is 2.22. The fraction of sp³-hybridized carbons (Fsp3) is 0.450. The quantitative estimate of drug-likeness (QED) is 0.762. The fourth-order valence-electron chi connectivity index (χ4n) is 3.48. The summed E-state index contributed by atoms with van der Waals surface area (Å²) in [4.78, 5) is 28.5. The maximum Gasteiger partial charge on any atom is 0.314 e. The highest BCUT2D eigenvalue weighted by Crippen LogP contribution is 2.29. The Labute approximate surface area is 164 Å². The minimum atomic E-state index is -0.766. The number of fused-ring (bicyclic) bond motifs is 1. The zero-order chi connectivity index (χ0) is 20.3. The van der Waals surface area contributed by atoms with E-state index in [1.807, 2.05) is 19.0 Å². The van der Waals surface area contributed by atoms with Crippen LogP contribution < -0.4 is 15.5 Å². The van der Waals surface area contributed by atoms with Crippen LogP contribution in [0.3, 0.4) is 0 Å². The summed E-state index contributed by atoms with van der Waals surface area (Å²) in [6.07, 6.45) is 2.19. The van der Waals surface area contributed by atoms with Gasteiger partial charge >= 0.3 is 11.8 Å². The number of carbonyl (C=O) groups excluding carboxylic acids is 2. The van der Waals surface area contributed by atoms with Crippen LogP contribution in [-0.4, -0.2) is 56.1 Å². The first kappa shape index (κ1) is 19.9. The molecule has 0 saturated heterocycles. The SMILES string of the molecule is Cc1cc(NC(=O)C(=O)NC[C@H](c2ccc3c(c2)CCCN3C)N(C)C)no1. The Morgan fingerprint density at radius 3 is 2.75 bits per heavy atom. The molecule has 1 aromatic heterocycles. The molecule has 3 rings (SSSR count). The van der Waals surface area contributed by atoms with E-state index < -0.39 is 11.8 Å². The standard InChI is InChI=1S/C20H27N5O3/c1-13-10-18(23-28-13)22-20(27)19(26)21-12-17(24(2)3)15-7-8-16-14(11-15)6-5-9-25(16)4/h7-8,10-11,17H,5-6,9,12H2,1-4H3,(H,21,26)(H,22,23,27)/t17-/m1/s1. The number of aryl methyl sites for hydroxylation is 2. The molecule has 2 amide bonds. The summed E-state index contributed by atoms with van der Waals surface area (Å²) in [5.41, 5.74) is 3.70. The van der Waals surface area contributed by atoms with E-state index >= 15 is 0 Å². The molecule has 150 valence electrons. The van der Waals surface area contributed by atoms with Crippen LogP contribution in [0.5, 0.6) is 0 Å². The van der Waals surface area contributed by atoms with Crippen molar-refractivity contribution in [1.29, 1.82) is 0 Å². The first-order valence-corrected chi connectivity index (χ1v) is 9.38. The molecule has 8 heteroatoms. The van der Waals surface area contributed by atoms with Crippen LogP contribution in [0.25, 0.3) is 0 Å². The van der Waals surface area contributed by atoms with Gasteiger partial charge in [-0.1, -0.05) is 17.3 Å². The molecule has 1 atom stereocenters. The molecule has 2 N–H and O–H groups in total. The second-order valence-corrected chi connectivity index (χ2v) is 7.38. The first-order valence-electron chi connectivity index (χ1n) is 9.38. The number of likely N-dealkylation sites (N-methyl/N-ethyl adjacent to an activating group) is 1. The molecule has 1 aliphatic heterocycles. The molecule has 1 aliphatic rings. The number of nitrogens with zero attached hydrogens (tertiary/aromatic N) is 3. The van der Waals surface area contributed by atoms with Crippen molar-refractivity contribution in [3.05, 3.63) is 41.2 Å². The second-order valence-electron chi connectivity index (χ2n) is 7.38. The molecule has 1 aromatic carbocycles. The van der Waals surface area contributed by atoms with E-state index in [0.717, 1.165) is 24.9 Å². The molecule has 2 aromatic rings. The normalized spacial score (nSPS) is 14.5. The molecule has 2 heterocycles. The van der Waals surface area contributed by atoms with E-state index in [-0.39, 0.29) is 11.9 Å². The van der Waals surface area contributed by atoms with Crippen LogP contribution in [0.4, 0.5) is 11.5 Å². The smallest absolute Gasteiger partial charge is 0.314 e. The van der Waals surface area contributed by atoms with Gasteiger partial charge in [-0.2, -0.15) is 0 Å². The molecule has 0 bridgehead atoms. The third-order valence-electron chi connectivity index (χ3n) is 4.99. The predicted octanol–water partition coefficient (Wildman–Crippen LogP) is 1.72. The maximum atomic E-state index is 12.2. The Balaban J connectivity index is 1.65. The summed E-state index contributed by atoms with van der Waals surface area (Å²) in [6.45, 7) is 3.10. The van der Waals surface area contributed by atoms with Crippen molar-refractivity contribution in [3.63, 3.8) is 0 Å². The molecule has 0 unspecified atom stereocenters. The third-order valence-corrected chi connectivity index (χ3v) is 4.99. The summed E-state index contributed by atoms with van der Waals surface area (Å²) in [7, 11) is 6.03. The van der Waals surface area contributed by atoms with E-state index in [1.165, 1.54) is 11.3 Å². The van der Waals surface area contributed by atoms with Gasteiger partial charge in [0.25, 0.3) is 0 Å². The summed E-state index contributed by atoms with van der Waals surface area (Å²) >= 11 is 0. The van der Waals surface area contributed by atoms with Gasteiger partial charge in [-0.3, -0.25) is 14.9 Å². The third kappa shape index (κ3) is 4.51. The lowest BCUT2D eigenvalue weighted by atomic mass is 9.96. The van der Waals surface area contributed by atoms with E-state index in [1.54, 1.807) is 13.0 Å². The summed E-state index contributed by atoms with van der Waals surface area (Å²) < 4.78 is 4.88. The van der Waals surface area contributed by atoms with E-state index in [4.69, 9.17) is 4.52 Å². The van der Waals surface area contributed by atoms with Crippen LogP contribution in [0.1, 0.15) is 29.3 Å². The zero-order valence-corrected chi connectivity index (χ0v) is 16.8. The molecule has 8 nitrogen and oxygen atoms in total. The predicted molar refractivity (Wildman–Crippen MR) is 107 cm³/mol. The Morgan fingerprint density at radius 1 is 1.29 bits per heavy atom. The lowest BCUT2D eigenvalue weighted by molar-refractivity contribution is -0.136. The van der Waals surface area contributed by atoms with Gasteiger partial charge in [-0.15, -0.1) is 0 Å². The van der Waals surface area contributed by atoms with Gasteiger partial charge < -0.3 is 19.6 Å². The van der Waals surface area contributed by atoms with Crippen molar-refractivity contribution >= 4 is 23.3 Å². The summed E-state index contributed by atoms with van der Waals surface area (Å²) in [6, 6.07) is 7.96. The van der Waals surface area contributed by atoms with Gasteiger partial charge in [0.2, 0.25) is 0 Å². The topological polar surface area (TPSA) is 90.7 Å². The molecular weight excluding hydrogens is 358 g/mol. The maximum absolute atomic E-state index is 12.2. The van der Waals surface area contributed by atoms with Crippen LogP contribution in [0.2, 0.25) is 0 Å². The number of nitrogens with one attached hydrogen (secondary N) is 2. The minimum absolute atomic E-state index is 0.0384. The van der Waals surface area contributed by atoms with Crippen LogP contribution in [-0.2, 0) is 16.0 Å². The van der Waals surface area contributed by atoms with Crippen LogP contribution in [0.15, 0.2) is 28.8 Å². The van der Waals surface area contributed by atoms with Gasteiger partial charge in [0, 0.05) is 31.9 Å². The highest BCUT2D eigenvalue weighted by atomic mass is 16.5. The van der Waals surface area contributed by atoms with Crippen molar-refractivity contribution in [2.24, 2.45) is 0 Å². The molecule has 0 spiro atoms. The highest BCUT2D eigenvalue weighted by molar-refractivity contribution is 6.39. The minimum Gasteiger partial charge on any atom is -0.374 e. The summed E-state index contributed by atoms with van der Waals surface area (Å²) in [5, 5.41) is 8.80. The average Bonchev–Trinajstić information content (AvgIpc) is 3.06. The number of anilines is 2. The van der Waals surface area contributed by atoms with Crippen molar-refractivity contribution < 1.29 is 14.1 Å². The Kier molecular flexibility index (Phi) is 5.99. The summed E-state index contributed by atoms with van der Waals surface area (Å²) in [5.74, 6) is -0.690. The first-order chi connectivity index (χ1) is 13.3. The van der Waals surface area contributed by atoms with E-state index in [2.05, 4.69) is 45.9 Å². The largest absolute Gasteiger partial charge is 0.374 e. The number of amides is 2. The number of hydrogen-bond acceptors (Lipinski definition) is 6. The fourth-order valence-corrected chi connectivity index (χ4v) is 3.48. The van der Waals surface area contributed by atoms with Crippen molar-refractivity contribution in [1.82, 2.24) is 15.4 Å². The molecule has 0 saturated carbocycles. The Hall–Kier alpha value is -2.87. The average molecular weight is 385 g/mol. The zero-order valence-electron chi connectivity index (χ0n) is 16.8. The molecule has 28 heavy (non-hydrogen) atoms. The van der Waals surface area contributed by atoms with E-state index in [0.29, 0.717) is 12.3 Å². The number of benzene rings is 1. The van der Waals surface area contributed by atoms with Crippen LogP contribution >= 0.6 is 0 Å². The number of rotatable bonds is 5. The van der Waals surface area contributed by atoms with Crippen molar-refractivity contribution in [2.75, 3.05) is 44.4 Å². The van der Waals surface area contributed by atoms with Gasteiger partial charge in [-0.25, -0.2) is 0 Å². The van der Waals surface area contributed by atoms with Crippen molar-refractivity contribution in [3.8, 4) is 0 Å². The number of aromatic nitrogens is 1. The Morgan fingerprint density at radius 2 is 2.07 bits per heavy atom. The lowest BCUT2D eigenvalue weighted by Gasteiger charge is -2.30. The molecule has 0 radical (unpaired) electrons.